The number of ketones is 1. The molecule has 37 heavy (non-hydrogen) atoms. The summed E-state index contributed by atoms with van der Waals surface area (Å²) in [5.41, 5.74) is 1.97. The second kappa shape index (κ2) is 11.7. The molecule has 1 amide bonds. The fourth-order valence-corrected chi connectivity index (χ4v) is 4.31. The number of aliphatic hydroxyl groups is 1. The second-order valence-corrected chi connectivity index (χ2v) is 9.32. The number of benzene rings is 2. The normalized spacial score (nSPS) is 16.9. The van der Waals surface area contributed by atoms with Crippen molar-refractivity contribution in [3.63, 3.8) is 0 Å². The molecule has 0 aliphatic carbocycles. The zero-order valence-corrected chi connectivity index (χ0v) is 21.4. The number of nitrogens with zero attached hydrogens (tertiary/aromatic N) is 2. The summed E-state index contributed by atoms with van der Waals surface area (Å²) in [6.45, 7) is 7.30. The minimum absolute atomic E-state index is 0.0428. The third kappa shape index (κ3) is 5.82. The average molecular weight is 501 g/mol. The number of carbonyl (C=O) groups excluding carboxylic acids is 2. The molecule has 1 fully saturated rings. The molecule has 0 saturated carbocycles. The Hall–Kier alpha value is -4.13. The van der Waals surface area contributed by atoms with Crippen molar-refractivity contribution in [3.8, 4) is 11.5 Å². The van der Waals surface area contributed by atoms with Crippen LogP contribution in [0, 0.1) is 5.92 Å². The molecule has 2 aromatic carbocycles. The highest BCUT2D eigenvalue weighted by Crippen LogP contribution is 2.42. The number of hydrogen-bond donors (Lipinski definition) is 1. The van der Waals surface area contributed by atoms with Crippen LogP contribution in [0.25, 0.3) is 5.76 Å². The quantitative estimate of drug-likeness (QED) is 0.224. The first-order valence-corrected chi connectivity index (χ1v) is 12.5. The van der Waals surface area contributed by atoms with Gasteiger partial charge in [-0.25, -0.2) is 0 Å². The van der Waals surface area contributed by atoms with Gasteiger partial charge in [0.15, 0.2) is 11.5 Å². The summed E-state index contributed by atoms with van der Waals surface area (Å²) >= 11 is 0. The lowest BCUT2D eigenvalue weighted by molar-refractivity contribution is -0.140. The Morgan fingerprint density at radius 2 is 1.73 bits per heavy atom. The Morgan fingerprint density at radius 1 is 1.00 bits per heavy atom. The Bertz CT molecular complexity index is 1270. The largest absolute Gasteiger partial charge is 0.507 e. The fraction of sp³-hybridized carbons (Fsp3) is 0.300. The summed E-state index contributed by atoms with van der Waals surface area (Å²) in [6, 6.07) is 17.0. The predicted molar refractivity (Wildman–Crippen MR) is 141 cm³/mol. The zero-order chi connectivity index (χ0) is 26.4. The van der Waals surface area contributed by atoms with E-state index in [0.29, 0.717) is 41.8 Å². The standard InChI is InChI=1S/C30H32N2O5/c1-4-36-25-18-23(10-11-24(25)37-17-14-20(2)3)27-26(28(33)22-8-6-5-7-9-22)29(34)30(35)32(27)19-21-12-15-31-16-13-21/h5-13,15-16,18,20,27,33H,4,14,17,19H2,1-3H3/b28-26+. The second-order valence-electron chi connectivity index (χ2n) is 9.32. The van der Waals surface area contributed by atoms with Crippen LogP contribution in [0.1, 0.15) is 49.9 Å². The molecule has 1 saturated heterocycles. The van der Waals surface area contributed by atoms with Crippen molar-refractivity contribution in [1.29, 1.82) is 0 Å². The van der Waals surface area contributed by atoms with Gasteiger partial charge in [0.25, 0.3) is 11.7 Å². The summed E-state index contributed by atoms with van der Waals surface area (Å²) in [5, 5.41) is 11.2. The molecular formula is C30H32N2O5. The highest BCUT2D eigenvalue weighted by molar-refractivity contribution is 6.46. The Balaban J connectivity index is 1.81. The maximum atomic E-state index is 13.3. The molecule has 0 radical (unpaired) electrons. The minimum Gasteiger partial charge on any atom is -0.507 e. The van der Waals surface area contributed by atoms with E-state index >= 15 is 0 Å². The number of hydrogen-bond acceptors (Lipinski definition) is 6. The van der Waals surface area contributed by atoms with Crippen molar-refractivity contribution in [2.24, 2.45) is 5.92 Å². The zero-order valence-electron chi connectivity index (χ0n) is 21.4. The van der Waals surface area contributed by atoms with Crippen molar-refractivity contribution in [3.05, 3.63) is 95.3 Å². The molecule has 2 heterocycles. The molecule has 4 rings (SSSR count). The van der Waals surface area contributed by atoms with E-state index in [4.69, 9.17) is 9.47 Å². The molecule has 0 bridgehead atoms. The molecular weight excluding hydrogens is 468 g/mol. The Morgan fingerprint density at radius 3 is 2.41 bits per heavy atom. The number of amides is 1. The predicted octanol–water partition coefficient (Wildman–Crippen LogP) is 5.53. The van der Waals surface area contributed by atoms with Crippen LogP contribution in [0.15, 0.2) is 78.6 Å². The van der Waals surface area contributed by atoms with Crippen molar-refractivity contribution in [2.75, 3.05) is 13.2 Å². The summed E-state index contributed by atoms with van der Waals surface area (Å²) in [4.78, 5) is 32.1. The number of ether oxygens (including phenoxy) is 2. The topological polar surface area (TPSA) is 89.0 Å². The van der Waals surface area contributed by atoms with Crippen molar-refractivity contribution >= 4 is 17.4 Å². The van der Waals surface area contributed by atoms with Gasteiger partial charge in [-0.05, 0) is 54.7 Å². The van der Waals surface area contributed by atoms with Crippen LogP contribution in [-0.4, -0.2) is 39.9 Å². The van der Waals surface area contributed by atoms with Crippen LogP contribution >= 0.6 is 0 Å². The summed E-state index contributed by atoms with van der Waals surface area (Å²) in [5.74, 6) is 0.0145. The number of aliphatic hydroxyl groups excluding tert-OH is 1. The molecule has 1 atom stereocenters. The lowest BCUT2D eigenvalue weighted by atomic mass is 9.95. The van der Waals surface area contributed by atoms with Gasteiger partial charge in [0.1, 0.15) is 5.76 Å². The molecule has 1 unspecified atom stereocenters. The van der Waals surface area contributed by atoms with E-state index in [9.17, 15) is 14.7 Å². The summed E-state index contributed by atoms with van der Waals surface area (Å²) < 4.78 is 11.9. The number of likely N-dealkylation sites (tertiary alicyclic amines) is 1. The third-order valence-corrected chi connectivity index (χ3v) is 6.23. The Kier molecular flexibility index (Phi) is 8.23. The van der Waals surface area contributed by atoms with Crippen LogP contribution in [-0.2, 0) is 16.1 Å². The van der Waals surface area contributed by atoms with E-state index in [-0.39, 0.29) is 17.9 Å². The average Bonchev–Trinajstić information content (AvgIpc) is 3.15. The van der Waals surface area contributed by atoms with Gasteiger partial charge in [0, 0.05) is 24.5 Å². The van der Waals surface area contributed by atoms with Crippen molar-refractivity contribution < 1.29 is 24.2 Å². The van der Waals surface area contributed by atoms with E-state index in [1.807, 2.05) is 19.1 Å². The van der Waals surface area contributed by atoms with E-state index in [1.165, 1.54) is 4.90 Å². The molecule has 0 spiro atoms. The molecule has 7 heteroatoms. The van der Waals surface area contributed by atoms with Gasteiger partial charge in [-0.2, -0.15) is 0 Å². The lowest BCUT2D eigenvalue weighted by Gasteiger charge is -2.26. The molecule has 7 nitrogen and oxygen atoms in total. The maximum Gasteiger partial charge on any atom is 0.295 e. The lowest BCUT2D eigenvalue weighted by Crippen LogP contribution is -2.29. The first kappa shape index (κ1) is 25.9. The molecule has 1 aliphatic heterocycles. The van der Waals surface area contributed by atoms with Crippen LogP contribution in [0.4, 0.5) is 0 Å². The first-order chi connectivity index (χ1) is 17.9. The van der Waals surface area contributed by atoms with Gasteiger partial charge in [0.2, 0.25) is 0 Å². The monoisotopic (exact) mass is 500 g/mol. The van der Waals surface area contributed by atoms with E-state index in [2.05, 4.69) is 18.8 Å². The smallest absolute Gasteiger partial charge is 0.295 e. The number of Topliss-reactive ketones (excluding diaryl/α,β-unsaturated/α-hetero) is 1. The fourth-order valence-electron chi connectivity index (χ4n) is 4.31. The Labute approximate surface area is 217 Å². The van der Waals surface area contributed by atoms with Gasteiger partial charge < -0.3 is 19.5 Å². The molecule has 1 N–H and O–H groups in total. The highest BCUT2D eigenvalue weighted by Gasteiger charge is 2.46. The SMILES string of the molecule is CCOc1cc(C2/C(=C(\O)c3ccccc3)C(=O)C(=O)N2Cc2ccncc2)ccc1OCCC(C)C. The van der Waals surface area contributed by atoms with Crippen LogP contribution < -0.4 is 9.47 Å². The third-order valence-electron chi connectivity index (χ3n) is 6.23. The van der Waals surface area contributed by atoms with E-state index in [0.717, 1.165) is 12.0 Å². The van der Waals surface area contributed by atoms with Gasteiger partial charge in [-0.15, -0.1) is 0 Å². The van der Waals surface area contributed by atoms with Gasteiger partial charge >= 0.3 is 0 Å². The van der Waals surface area contributed by atoms with Gasteiger partial charge in [-0.3, -0.25) is 14.6 Å². The number of pyridine rings is 1. The van der Waals surface area contributed by atoms with Crippen LogP contribution in [0.5, 0.6) is 11.5 Å². The molecule has 192 valence electrons. The van der Waals surface area contributed by atoms with Crippen LogP contribution in [0.2, 0.25) is 0 Å². The van der Waals surface area contributed by atoms with E-state index < -0.39 is 17.7 Å². The summed E-state index contributed by atoms with van der Waals surface area (Å²) in [6.07, 6.45) is 4.18. The van der Waals surface area contributed by atoms with Gasteiger partial charge in [-0.1, -0.05) is 50.2 Å². The highest BCUT2D eigenvalue weighted by atomic mass is 16.5. The summed E-state index contributed by atoms with van der Waals surface area (Å²) in [7, 11) is 0. The molecule has 1 aromatic heterocycles. The number of rotatable bonds is 10. The first-order valence-electron chi connectivity index (χ1n) is 12.5. The minimum atomic E-state index is -0.808. The number of carbonyl (C=O) groups is 2. The molecule has 3 aromatic rings. The number of aromatic nitrogens is 1. The van der Waals surface area contributed by atoms with E-state index in [1.54, 1.807) is 60.9 Å². The van der Waals surface area contributed by atoms with Gasteiger partial charge in [0.05, 0.1) is 24.8 Å². The maximum absolute atomic E-state index is 13.3. The van der Waals surface area contributed by atoms with Crippen LogP contribution in [0.3, 0.4) is 0 Å². The van der Waals surface area contributed by atoms with Crippen molar-refractivity contribution in [2.45, 2.75) is 39.8 Å². The molecule has 1 aliphatic rings. The van der Waals surface area contributed by atoms with Crippen molar-refractivity contribution in [1.82, 2.24) is 9.88 Å².